The van der Waals surface area contributed by atoms with E-state index in [1.165, 1.54) is 9.91 Å². The number of amides is 2. The topological polar surface area (TPSA) is 62.2 Å². The minimum absolute atomic E-state index is 0.125. The van der Waals surface area contributed by atoms with Gasteiger partial charge >= 0.3 is 0 Å². The van der Waals surface area contributed by atoms with Crippen LogP contribution in [-0.4, -0.2) is 43.2 Å². The number of ether oxygens (including phenoxy) is 1. The van der Waals surface area contributed by atoms with Crippen LogP contribution in [0.1, 0.15) is 24.8 Å². The molecule has 0 bridgehead atoms. The molecule has 0 radical (unpaired) electrons. The molecule has 0 saturated carbocycles. The summed E-state index contributed by atoms with van der Waals surface area (Å²) in [7, 11) is 3.25. The molecule has 0 spiro atoms. The molecule has 2 aromatic carbocycles. The fourth-order valence-electron chi connectivity index (χ4n) is 3.02. The molecule has 0 aliphatic carbocycles. The maximum Gasteiger partial charge on any atom is 0.243 e. The molecular weight excluding hydrogens is 342 g/mol. The zero-order chi connectivity index (χ0) is 19.2. The molecule has 0 N–H and O–H groups in total. The van der Waals surface area contributed by atoms with Crippen molar-refractivity contribution in [3.05, 3.63) is 60.2 Å². The average Bonchev–Trinajstić information content (AvgIpc) is 3.22. The van der Waals surface area contributed by atoms with Crippen molar-refractivity contribution in [2.75, 3.05) is 25.6 Å². The van der Waals surface area contributed by atoms with Crippen LogP contribution < -0.4 is 9.64 Å². The third-order valence-corrected chi connectivity index (χ3v) is 4.57. The molecule has 1 aliphatic heterocycles. The van der Waals surface area contributed by atoms with Gasteiger partial charge in [0.05, 0.1) is 25.1 Å². The molecular formula is C21H23N3O3. The molecule has 0 fully saturated rings. The Morgan fingerprint density at radius 2 is 1.78 bits per heavy atom. The Bertz CT molecular complexity index is 849. The highest BCUT2D eigenvalue weighted by atomic mass is 16.5. The molecule has 2 aromatic rings. The SMILES string of the molecule is COc1ccccc1N(C)C(=O)CCC(=O)N1CCC(c2ccccc2)=N1. The van der Waals surface area contributed by atoms with Crippen LogP contribution in [0.25, 0.3) is 0 Å². The molecule has 0 aromatic heterocycles. The van der Waals surface area contributed by atoms with Crippen LogP contribution in [0.4, 0.5) is 5.69 Å². The fraction of sp³-hybridized carbons (Fsp3) is 0.286. The Labute approximate surface area is 159 Å². The van der Waals surface area contributed by atoms with Crippen molar-refractivity contribution < 1.29 is 14.3 Å². The van der Waals surface area contributed by atoms with Crippen LogP contribution in [-0.2, 0) is 9.59 Å². The van der Waals surface area contributed by atoms with E-state index in [2.05, 4.69) is 5.10 Å². The molecule has 0 unspecified atom stereocenters. The lowest BCUT2D eigenvalue weighted by atomic mass is 10.1. The molecule has 0 saturated heterocycles. The van der Waals surface area contributed by atoms with Gasteiger partial charge < -0.3 is 9.64 Å². The number of carbonyl (C=O) groups is 2. The predicted molar refractivity (Wildman–Crippen MR) is 105 cm³/mol. The van der Waals surface area contributed by atoms with Crippen molar-refractivity contribution in [3.8, 4) is 5.75 Å². The van der Waals surface area contributed by atoms with Gasteiger partial charge in [-0.3, -0.25) is 9.59 Å². The second kappa shape index (κ2) is 8.49. The summed E-state index contributed by atoms with van der Waals surface area (Å²) in [5.41, 5.74) is 2.62. The van der Waals surface area contributed by atoms with E-state index in [1.54, 1.807) is 20.2 Å². The third-order valence-electron chi connectivity index (χ3n) is 4.57. The monoisotopic (exact) mass is 365 g/mol. The van der Waals surface area contributed by atoms with E-state index in [0.717, 1.165) is 17.7 Å². The quantitative estimate of drug-likeness (QED) is 0.790. The van der Waals surface area contributed by atoms with Crippen molar-refractivity contribution in [2.24, 2.45) is 5.10 Å². The van der Waals surface area contributed by atoms with Crippen molar-refractivity contribution in [3.63, 3.8) is 0 Å². The smallest absolute Gasteiger partial charge is 0.243 e. The summed E-state index contributed by atoms with van der Waals surface area (Å²) in [6.07, 6.45) is 0.981. The standard InChI is InChI=1S/C21H23N3O3/c1-23(18-10-6-7-11-19(18)27-2)20(25)12-13-21(26)24-15-14-17(22-24)16-8-4-3-5-9-16/h3-11H,12-15H2,1-2H3. The van der Waals surface area contributed by atoms with Gasteiger partial charge in [0.15, 0.2) is 0 Å². The molecule has 1 aliphatic rings. The van der Waals surface area contributed by atoms with Crippen LogP contribution in [0, 0.1) is 0 Å². The molecule has 3 rings (SSSR count). The van der Waals surface area contributed by atoms with Gasteiger partial charge in [0, 0.05) is 26.3 Å². The number of benzene rings is 2. The van der Waals surface area contributed by atoms with Crippen LogP contribution in [0.5, 0.6) is 5.75 Å². The summed E-state index contributed by atoms with van der Waals surface area (Å²) in [5.74, 6) is 0.346. The van der Waals surface area contributed by atoms with Crippen LogP contribution in [0.15, 0.2) is 59.7 Å². The van der Waals surface area contributed by atoms with Crippen molar-refractivity contribution >= 4 is 23.2 Å². The number of carbonyl (C=O) groups excluding carboxylic acids is 2. The molecule has 6 heteroatoms. The Kier molecular flexibility index (Phi) is 5.86. The molecule has 0 atom stereocenters. The Morgan fingerprint density at radius 1 is 1.07 bits per heavy atom. The number of nitrogens with zero attached hydrogens (tertiary/aromatic N) is 3. The van der Waals surface area contributed by atoms with E-state index in [4.69, 9.17) is 4.74 Å². The number of hydrogen-bond acceptors (Lipinski definition) is 4. The van der Waals surface area contributed by atoms with Gasteiger partial charge in [-0.05, 0) is 17.7 Å². The van der Waals surface area contributed by atoms with Gasteiger partial charge in [-0.2, -0.15) is 5.10 Å². The van der Waals surface area contributed by atoms with Gasteiger partial charge in [-0.1, -0.05) is 42.5 Å². The van der Waals surface area contributed by atoms with Crippen LogP contribution >= 0.6 is 0 Å². The van der Waals surface area contributed by atoms with Crippen molar-refractivity contribution in [1.82, 2.24) is 5.01 Å². The van der Waals surface area contributed by atoms with Gasteiger partial charge in [-0.25, -0.2) is 5.01 Å². The van der Waals surface area contributed by atoms with Crippen molar-refractivity contribution in [1.29, 1.82) is 0 Å². The van der Waals surface area contributed by atoms with E-state index >= 15 is 0 Å². The highest BCUT2D eigenvalue weighted by Gasteiger charge is 2.23. The number of rotatable bonds is 6. The second-order valence-electron chi connectivity index (χ2n) is 6.30. The van der Waals surface area contributed by atoms with Gasteiger partial charge in [0.25, 0.3) is 0 Å². The summed E-state index contributed by atoms with van der Waals surface area (Å²) < 4.78 is 5.29. The fourth-order valence-corrected chi connectivity index (χ4v) is 3.02. The number of hydrazone groups is 1. The van der Waals surface area contributed by atoms with E-state index in [9.17, 15) is 9.59 Å². The molecule has 27 heavy (non-hydrogen) atoms. The first-order valence-electron chi connectivity index (χ1n) is 8.93. The van der Waals surface area contributed by atoms with Crippen LogP contribution in [0.2, 0.25) is 0 Å². The molecule has 1 heterocycles. The second-order valence-corrected chi connectivity index (χ2v) is 6.30. The normalized spacial score (nSPS) is 13.3. The van der Waals surface area contributed by atoms with Gasteiger partial charge in [-0.15, -0.1) is 0 Å². The molecule has 2 amide bonds. The molecule has 6 nitrogen and oxygen atoms in total. The van der Waals surface area contributed by atoms with Crippen molar-refractivity contribution in [2.45, 2.75) is 19.3 Å². The van der Waals surface area contributed by atoms with E-state index in [0.29, 0.717) is 18.0 Å². The maximum absolute atomic E-state index is 12.5. The lowest BCUT2D eigenvalue weighted by Crippen LogP contribution is -2.29. The lowest BCUT2D eigenvalue weighted by molar-refractivity contribution is -0.132. The van der Waals surface area contributed by atoms with E-state index in [1.807, 2.05) is 48.5 Å². The predicted octanol–water partition coefficient (Wildman–Crippen LogP) is 3.07. The molecule has 140 valence electrons. The average molecular weight is 365 g/mol. The number of methoxy groups -OCH3 is 1. The largest absolute Gasteiger partial charge is 0.495 e. The zero-order valence-electron chi connectivity index (χ0n) is 15.6. The zero-order valence-corrected chi connectivity index (χ0v) is 15.6. The number of anilines is 1. The van der Waals surface area contributed by atoms with E-state index in [-0.39, 0.29) is 24.7 Å². The summed E-state index contributed by atoms with van der Waals surface area (Å²) in [6.45, 7) is 0.555. The first-order chi connectivity index (χ1) is 13.1. The Balaban J connectivity index is 1.57. The third kappa shape index (κ3) is 4.34. The lowest BCUT2D eigenvalue weighted by Gasteiger charge is -2.20. The summed E-state index contributed by atoms with van der Waals surface area (Å²) in [6, 6.07) is 17.1. The first-order valence-corrected chi connectivity index (χ1v) is 8.93. The highest BCUT2D eigenvalue weighted by Crippen LogP contribution is 2.27. The minimum Gasteiger partial charge on any atom is -0.495 e. The summed E-state index contributed by atoms with van der Waals surface area (Å²) >= 11 is 0. The van der Waals surface area contributed by atoms with Gasteiger partial charge in [0.1, 0.15) is 5.75 Å². The van der Waals surface area contributed by atoms with E-state index < -0.39 is 0 Å². The highest BCUT2D eigenvalue weighted by molar-refractivity contribution is 6.03. The first kappa shape index (κ1) is 18.6. The van der Waals surface area contributed by atoms with Crippen LogP contribution in [0.3, 0.4) is 0 Å². The number of hydrogen-bond donors (Lipinski definition) is 0. The Hall–Kier alpha value is -3.15. The summed E-state index contributed by atoms with van der Waals surface area (Å²) in [4.78, 5) is 26.4. The Morgan fingerprint density at radius 3 is 2.52 bits per heavy atom. The van der Waals surface area contributed by atoms with Gasteiger partial charge in [0.2, 0.25) is 11.8 Å². The summed E-state index contributed by atoms with van der Waals surface area (Å²) in [5, 5.41) is 5.89. The maximum atomic E-state index is 12.5. The minimum atomic E-state index is -0.140. The number of para-hydroxylation sites is 2.